The van der Waals surface area contributed by atoms with Gasteiger partial charge in [-0.3, -0.25) is 4.98 Å². The number of ether oxygens (including phenoxy) is 1. The first-order valence-corrected chi connectivity index (χ1v) is 7.03. The van der Waals surface area contributed by atoms with Crippen LogP contribution in [-0.2, 0) is 12.8 Å². The van der Waals surface area contributed by atoms with E-state index in [-0.39, 0.29) is 0 Å². The summed E-state index contributed by atoms with van der Waals surface area (Å²) >= 11 is 6.62. The van der Waals surface area contributed by atoms with E-state index in [1.165, 1.54) is 5.56 Å². The number of rotatable bonds is 1. The Hall–Kier alpha value is -1.28. The highest BCUT2D eigenvalue weighted by Crippen LogP contribution is 2.41. The van der Waals surface area contributed by atoms with E-state index in [1.807, 2.05) is 18.2 Å². The molecule has 0 atom stereocenters. The lowest BCUT2D eigenvalue weighted by Gasteiger charge is -2.31. The van der Waals surface area contributed by atoms with Crippen molar-refractivity contribution in [2.45, 2.75) is 33.1 Å². The highest BCUT2D eigenvalue weighted by atomic mass is 35.5. The fourth-order valence-electron chi connectivity index (χ4n) is 2.90. The number of pyridine rings is 1. The minimum atomic E-state index is 0.315. The van der Waals surface area contributed by atoms with Crippen molar-refractivity contribution in [3.63, 3.8) is 0 Å². The molecule has 0 spiro atoms. The smallest absolute Gasteiger partial charge is 0.129 e. The van der Waals surface area contributed by atoms with Crippen LogP contribution in [0.25, 0.3) is 10.9 Å². The molecule has 2 nitrogen and oxygen atoms in total. The molecule has 3 heteroatoms. The summed E-state index contributed by atoms with van der Waals surface area (Å²) in [6, 6.07) is 5.91. The second-order valence-corrected chi connectivity index (χ2v) is 6.42. The van der Waals surface area contributed by atoms with Crippen molar-refractivity contribution in [1.29, 1.82) is 0 Å². The molecule has 0 amide bonds. The van der Waals surface area contributed by atoms with E-state index in [0.29, 0.717) is 5.41 Å². The lowest BCUT2D eigenvalue weighted by molar-refractivity contribution is 0.311. The number of benzene rings is 1. The molecule has 0 fully saturated rings. The minimum absolute atomic E-state index is 0.315. The maximum atomic E-state index is 6.62. The normalized spacial score (nSPS) is 17.3. The summed E-state index contributed by atoms with van der Waals surface area (Å²) in [5.74, 6) is 0.808. The number of fused-ring (bicyclic) bond motifs is 2. The highest BCUT2D eigenvalue weighted by Gasteiger charge is 2.29. The second kappa shape index (κ2) is 4.38. The maximum absolute atomic E-state index is 6.62. The SMILES string of the molecule is COc1cccc2nc3c(c(Cl)c12)CCC(C)(C)C3. The molecule has 1 heterocycles. The van der Waals surface area contributed by atoms with Crippen LogP contribution in [0.15, 0.2) is 18.2 Å². The molecule has 1 aliphatic rings. The molecule has 1 aromatic heterocycles. The average molecular weight is 276 g/mol. The van der Waals surface area contributed by atoms with E-state index in [4.69, 9.17) is 21.3 Å². The van der Waals surface area contributed by atoms with Gasteiger partial charge in [0.1, 0.15) is 5.75 Å². The molecule has 0 saturated carbocycles. The van der Waals surface area contributed by atoms with Gasteiger partial charge in [0.25, 0.3) is 0 Å². The molecular formula is C16H18ClNO. The van der Waals surface area contributed by atoms with Crippen LogP contribution < -0.4 is 4.74 Å². The van der Waals surface area contributed by atoms with E-state index in [1.54, 1.807) is 7.11 Å². The molecule has 0 N–H and O–H groups in total. The monoisotopic (exact) mass is 275 g/mol. The molecule has 0 saturated heterocycles. The van der Waals surface area contributed by atoms with Crippen molar-refractivity contribution in [2.75, 3.05) is 7.11 Å². The van der Waals surface area contributed by atoms with Crippen LogP contribution in [0.3, 0.4) is 0 Å². The van der Waals surface area contributed by atoms with E-state index in [0.717, 1.165) is 46.6 Å². The van der Waals surface area contributed by atoms with Crippen LogP contribution in [0, 0.1) is 5.41 Å². The first-order valence-electron chi connectivity index (χ1n) is 6.66. The molecule has 0 unspecified atom stereocenters. The maximum Gasteiger partial charge on any atom is 0.129 e. The number of aromatic nitrogens is 1. The Bertz CT molecular complexity index is 649. The van der Waals surface area contributed by atoms with Gasteiger partial charge in [0.2, 0.25) is 0 Å². The van der Waals surface area contributed by atoms with Crippen LogP contribution in [0.4, 0.5) is 0 Å². The van der Waals surface area contributed by atoms with Gasteiger partial charge in [-0.2, -0.15) is 0 Å². The number of halogens is 1. The lowest BCUT2D eigenvalue weighted by atomic mass is 9.76. The lowest BCUT2D eigenvalue weighted by Crippen LogP contribution is -2.23. The Balaban J connectivity index is 2.28. The van der Waals surface area contributed by atoms with E-state index in [2.05, 4.69) is 13.8 Å². The molecule has 100 valence electrons. The van der Waals surface area contributed by atoms with Gasteiger partial charge < -0.3 is 4.74 Å². The Kier molecular flexibility index (Phi) is 2.94. The van der Waals surface area contributed by atoms with E-state index >= 15 is 0 Å². The molecule has 0 radical (unpaired) electrons. The number of hydrogen-bond donors (Lipinski definition) is 0. The molecule has 19 heavy (non-hydrogen) atoms. The third-order valence-corrected chi connectivity index (χ3v) is 4.43. The third kappa shape index (κ3) is 2.08. The predicted octanol–water partition coefficient (Wildman–Crippen LogP) is 4.41. The quantitative estimate of drug-likeness (QED) is 0.769. The minimum Gasteiger partial charge on any atom is -0.496 e. The Morgan fingerprint density at radius 1 is 1.32 bits per heavy atom. The molecular weight excluding hydrogens is 258 g/mol. The Morgan fingerprint density at radius 3 is 2.84 bits per heavy atom. The molecule has 1 aliphatic carbocycles. The fraction of sp³-hybridized carbons (Fsp3) is 0.438. The van der Waals surface area contributed by atoms with Crippen molar-refractivity contribution < 1.29 is 4.74 Å². The zero-order valence-corrected chi connectivity index (χ0v) is 12.3. The van der Waals surface area contributed by atoms with Gasteiger partial charge in [-0.1, -0.05) is 31.5 Å². The number of nitrogens with zero attached hydrogens (tertiary/aromatic N) is 1. The molecule has 2 aromatic rings. The fourth-order valence-corrected chi connectivity index (χ4v) is 3.29. The van der Waals surface area contributed by atoms with Crippen molar-refractivity contribution in [1.82, 2.24) is 4.98 Å². The Morgan fingerprint density at radius 2 is 2.11 bits per heavy atom. The highest BCUT2D eigenvalue weighted by molar-refractivity contribution is 6.36. The molecule has 0 bridgehead atoms. The van der Waals surface area contributed by atoms with Crippen LogP contribution in [0.1, 0.15) is 31.5 Å². The van der Waals surface area contributed by atoms with Crippen molar-refractivity contribution in [2.24, 2.45) is 5.41 Å². The first-order chi connectivity index (χ1) is 9.02. The summed E-state index contributed by atoms with van der Waals surface area (Å²) in [5, 5.41) is 1.78. The third-order valence-electron chi connectivity index (χ3n) is 4.01. The summed E-state index contributed by atoms with van der Waals surface area (Å²) in [6.07, 6.45) is 3.15. The summed E-state index contributed by atoms with van der Waals surface area (Å²) in [6.45, 7) is 4.59. The van der Waals surface area contributed by atoms with Gasteiger partial charge in [0.05, 0.1) is 23.0 Å². The van der Waals surface area contributed by atoms with Crippen LogP contribution in [0.5, 0.6) is 5.75 Å². The summed E-state index contributed by atoms with van der Waals surface area (Å²) in [4.78, 5) is 4.82. The van der Waals surface area contributed by atoms with Gasteiger partial charge in [-0.15, -0.1) is 0 Å². The van der Waals surface area contributed by atoms with E-state index in [9.17, 15) is 0 Å². The van der Waals surface area contributed by atoms with E-state index < -0.39 is 0 Å². The van der Waals surface area contributed by atoms with Gasteiger partial charge in [-0.05, 0) is 42.4 Å². The summed E-state index contributed by atoms with van der Waals surface area (Å²) in [7, 11) is 1.67. The van der Waals surface area contributed by atoms with Crippen molar-refractivity contribution in [3.8, 4) is 5.75 Å². The number of hydrogen-bond acceptors (Lipinski definition) is 2. The van der Waals surface area contributed by atoms with Gasteiger partial charge in [0.15, 0.2) is 0 Å². The van der Waals surface area contributed by atoms with Crippen molar-refractivity contribution >= 4 is 22.5 Å². The van der Waals surface area contributed by atoms with Gasteiger partial charge in [0, 0.05) is 5.69 Å². The van der Waals surface area contributed by atoms with Crippen LogP contribution in [-0.4, -0.2) is 12.1 Å². The van der Waals surface area contributed by atoms with Crippen LogP contribution in [0.2, 0.25) is 5.02 Å². The molecule has 0 aliphatic heterocycles. The standard InChI is InChI=1S/C16H18ClNO/c1-16(2)8-7-10-12(9-16)18-11-5-4-6-13(19-3)14(11)15(10)17/h4-6H,7-9H2,1-3H3. The first kappa shape index (κ1) is 12.7. The molecule has 1 aromatic carbocycles. The Labute approximate surface area is 118 Å². The topological polar surface area (TPSA) is 22.1 Å². The van der Waals surface area contributed by atoms with Crippen molar-refractivity contribution in [3.05, 3.63) is 34.5 Å². The van der Waals surface area contributed by atoms with Crippen LogP contribution >= 0.6 is 11.6 Å². The zero-order valence-electron chi connectivity index (χ0n) is 11.6. The predicted molar refractivity (Wildman–Crippen MR) is 79.1 cm³/mol. The largest absolute Gasteiger partial charge is 0.496 e. The average Bonchev–Trinajstić information content (AvgIpc) is 2.36. The molecule has 3 rings (SSSR count). The van der Waals surface area contributed by atoms with Gasteiger partial charge in [-0.25, -0.2) is 0 Å². The summed E-state index contributed by atoms with van der Waals surface area (Å²) < 4.78 is 5.42. The number of methoxy groups -OCH3 is 1. The zero-order chi connectivity index (χ0) is 13.6. The summed E-state index contributed by atoms with van der Waals surface area (Å²) in [5.41, 5.74) is 3.61. The second-order valence-electron chi connectivity index (χ2n) is 6.05. The van der Waals surface area contributed by atoms with Gasteiger partial charge >= 0.3 is 0 Å².